The van der Waals surface area contributed by atoms with E-state index in [0.29, 0.717) is 11.6 Å². The molecule has 1 N–H and O–H groups in total. The summed E-state index contributed by atoms with van der Waals surface area (Å²) in [5.74, 6) is 0.469. The molecule has 8 nitrogen and oxygen atoms in total. The van der Waals surface area contributed by atoms with E-state index in [2.05, 4.69) is 25.5 Å². The Morgan fingerprint density at radius 1 is 1.33 bits per heavy atom. The predicted molar refractivity (Wildman–Crippen MR) is 61.9 cm³/mol. The van der Waals surface area contributed by atoms with E-state index in [1.165, 1.54) is 4.52 Å². The Labute approximate surface area is 101 Å². The van der Waals surface area contributed by atoms with Gasteiger partial charge in [0.1, 0.15) is 0 Å². The third-order valence-electron chi connectivity index (χ3n) is 2.27. The van der Waals surface area contributed by atoms with Crippen molar-refractivity contribution >= 4 is 17.5 Å². The van der Waals surface area contributed by atoms with Crippen LogP contribution >= 0.6 is 0 Å². The highest BCUT2D eigenvalue weighted by molar-refractivity contribution is 6.01. The van der Waals surface area contributed by atoms with Crippen LogP contribution in [0, 0.1) is 0 Å². The fraction of sp³-hybridized carbons (Fsp3) is 0.100. The number of amides is 1. The minimum atomic E-state index is -0.417. The molecule has 3 aromatic heterocycles. The van der Waals surface area contributed by atoms with Crippen molar-refractivity contribution in [3.8, 4) is 0 Å². The fourth-order valence-electron chi connectivity index (χ4n) is 1.48. The molecule has 90 valence electrons. The van der Waals surface area contributed by atoms with Crippen molar-refractivity contribution in [2.24, 2.45) is 7.05 Å². The summed E-state index contributed by atoms with van der Waals surface area (Å²) in [4.78, 5) is 19.9. The number of aryl methyl sites for hydroxylation is 1. The number of nitrogens with zero attached hydrogens (tertiary/aromatic N) is 6. The number of aromatic nitrogens is 6. The molecule has 0 aliphatic heterocycles. The maximum absolute atomic E-state index is 11.9. The van der Waals surface area contributed by atoms with Gasteiger partial charge >= 0.3 is 0 Å². The predicted octanol–water partition coefficient (Wildman–Crippen LogP) is 0.110. The number of hydrogen-bond acceptors (Lipinski definition) is 5. The fourth-order valence-corrected chi connectivity index (χ4v) is 1.48. The molecule has 3 rings (SSSR count). The van der Waals surface area contributed by atoms with Crippen LogP contribution in [-0.2, 0) is 7.05 Å². The second kappa shape index (κ2) is 3.91. The number of carbonyl (C=O) groups is 1. The quantitative estimate of drug-likeness (QED) is 0.690. The lowest BCUT2D eigenvalue weighted by atomic mass is 10.5. The van der Waals surface area contributed by atoms with Gasteiger partial charge in [-0.3, -0.25) is 9.48 Å². The van der Waals surface area contributed by atoms with E-state index >= 15 is 0 Å². The molecule has 0 atom stereocenters. The van der Waals surface area contributed by atoms with Gasteiger partial charge in [-0.1, -0.05) is 0 Å². The van der Waals surface area contributed by atoms with Gasteiger partial charge in [-0.2, -0.15) is 10.1 Å². The van der Waals surface area contributed by atoms with Gasteiger partial charge in [-0.25, -0.2) is 9.50 Å². The Balaban J connectivity index is 1.87. The van der Waals surface area contributed by atoms with Gasteiger partial charge in [-0.15, -0.1) is 5.10 Å². The minimum Gasteiger partial charge on any atom is -0.302 e. The minimum absolute atomic E-state index is 0.0550. The standard InChI is InChI=1S/C10H9N7O/c1-16-6-3-7(14-16)12-9(18)8-13-10-11-4-2-5-17(10)15-8/h2-6H,1H3,(H,12,14,18). The topological polar surface area (TPSA) is 90.0 Å². The summed E-state index contributed by atoms with van der Waals surface area (Å²) < 4.78 is 3.03. The molecule has 0 radical (unpaired) electrons. The second-order valence-corrected chi connectivity index (χ2v) is 3.63. The van der Waals surface area contributed by atoms with Gasteiger partial charge < -0.3 is 5.32 Å². The lowest BCUT2D eigenvalue weighted by molar-refractivity contribution is 0.101. The van der Waals surface area contributed by atoms with Gasteiger partial charge in [0.25, 0.3) is 11.7 Å². The molecular formula is C10H9N7O. The Morgan fingerprint density at radius 2 is 2.22 bits per heavy atom. The highest BCUT2D eigenvalue weighted by Gasteiger charge is 2.14. The van der Waals surface area contributed by atoms with Crippen molar-refractivity contribution < 1.29 is 4.79 Å². The van der Waals surface area contributed by atoms with E-state index in [4.69, 9.17) is 0 Å². The van der Waals surface area contributed by atoms with Crippen LogP contribution < -0.4 is 5.32 Å². The molecule has 8 heteroatoms. The number of hydrogen-bond donors (Lipinski definition) is 1. The molecule has 1 amide bonds. The molecule has 3 aromatic rings. The molecule has 0 aliphatic carbocycles. The van der Waals surface area contributed by atoms with Crippen molar-refractivity contribution in [2.75, 3.05) is 5.32 Å². The number of carbonyl (C=O) groups excluding carboxylic acids is 1. The molecule has 0 unspecified atom stereocenters. The lowest BCUT2D eigenvalue weighted by Crippen LogP contribution is -2.14. The normalized spacial score (nSPS) is 10.7. The zero-order valence-electron chi connectivity index (χ0n) is 9.48. The highest BCUT2D eigenvalue weighted by atomic mass is 16.2. The SMILES string of the molecule is Cn1ccc(NC(=O)c2nc3ncccn3n2)n1. The average molecular weight is 243 g/mol. The summed E-state index contributed by atoms with van der Waals surface area (Å²) in [7, 11) is 1.77. The Hall–Kier alpha value is -2.77. The third-order valence-corrected chi connectivity index (χ3v) is 2.27. The van der Waals surface area contributed by atoms with Crippen molar-refractivity contribution in [2.45, 2.75) is 0 Å². The van der Waals surface area contributed by atoms with Crippen LogP contribution in [0.15, 0.2) is 30.7 Å². The molecule has 0 fully saturated rings. The van der Waals surface area contributed by atoms with Gasteiger partial charge in [0.05, 0.1) is 0 Å². The van der Waals surface area contributed by atoms with Crippen LogP contribution in [0.4, 0.5) is 5.82 Å². The zero-order chi connectivity index (χ0) is 12.5. The number of rotatable bonds is 2. The van der Waals surface area contributed by atoms with E-state index in [-0.39, 0.29) is 5.82 Å². The van der Waals surface area contributed by atoms with Crippen LogP contribution in [0.2, 0.25) is 0 Å². The molecule has 0 saturated heterocycles. The molecular weight excluding hydrogens is 234 g/mol. The second-order valence-electron chi connectivity index (χ2n) is 3.63. The van der Waals surface area contributed by atoms with E-state index in [0.717, 1.165) is 0 Å². The first-order valence-electron chi connectivity index (χ1n) is 5.21. The van der Waals surface area contributed by atoms with E-state index in [1.54, 1.807) is 42.5 Å². The molecule has 0 spiro atoms. The summed E-state index contributed by atoms with van der Waals surface area (Å²) in [5.41, 5.74) is 0. The van der Waals surface area contributed by atoms with Gasteiger partial charge in [-0.05, 0) is 6.07 Å². The molecule has 0 aliphatic rings. The van der Waals surface area contributed by atoms with Crippen LogP contribution in [0.25, 0.3) is 5.78 Å². The largest absolute Gasteiger partial charge is 0.302 e. The number of fused-ring (bicyclic) bond motifs is 1. The highest BCUT2D eigenvalue weighted by Crippen LogP contribution is 2.04. The molecule has 3 heterocycles. The van der Waals surface area contributed by atoms with Crippen molar-refractivity contribution in [1.29, 1.82) is 0 Å². The molecule has 0 aromatic carbocycles. The third kappa shape index (κ3) is 1.79. The maximum atomic E-state index is 11.9. The van der Waals surface area contributed by atoms with E-state index < -0.39 is 5.91 Å². The summed E-state index contributed by atoms with van der Waals surface area (Å²) >= 11 is 0. The van der Waals surface area contributed by atoms with Crippen LogP contribution in [0.3, 0.4) is 0 Å². The summed E-state index contributed by atoms with van der Waals surface area (Å²) in [6.07, 6.45) is 4.99. The van der Waals surface area contributed by atoms with Gasteiger partial charge in [0, 0.05) is 31.7 Å². The molecule has 18 heavy (non-hydrogen) atoms. The van der Waals surface area contributed by atoms with E-state index in [1.807, 2.05) is 0 Å². The van der Waals surface area contributed by atoms with Crippen LogP contribution in [-0.4, -0.2) is 35.3 Å². The van der Waals surface area contributed by atoms with Crippen LogP contribution in [0.1, 0.15) is 10.6 Å². The van der Waals surface area contributed by atoms with E-state index in [9.17, 15) is 4.79 Å². The first kappa shape index (κ1) is 10.4. The van der Waals surface area contributed by atoms with Gasteiger partial charge in [0.2, 0.25) is 5.82 Å². The Bertz CT molecular complexity index is 681. The summed E-state index contributed by atoms with van der Waals surface area (Å²) in [6.45, 7) is 0. The smallest absolute Gasteiger partial charge is 0.296 e. The Kier molecular flexibility index (Phi) is 2.26. The van der Waals surface area contributed by atoms with Crippen molar-refractivity contribution in [3.05, 3.63) is 36.5 Å². The number of anilines is 1. The lowest BCUT2D eigenvalue weighted by Gasteiger charge is -1.95. The molecule has 0 bridgehead atoms. The first-order chi connectivity index (χ1) is 8.72. The van der Waals surface area contributed by atoms with Crippen LogP contribution in [0.5, 0.6) is 0 Å². The number of nitrogens with one attached hydrogen (secondary N) is 1. The Morgan fingerprint density at radius 3 is 2.94 bits per heavy atom. The van der Waals surface area contributed by atoms with Crippen molar-refractivity contribution in [1.82, 2.24) is 29.4 Å². The monoisotopic (exact) mass is 243 g/mol. The zero-order valence-corrected chi connectivity index (χ0v) is 9.48. The average Bonchev–Trinajstić information content (AvgIpc) is 2.95. The summed E-state index contributed by atoms with van der Waals surface area (Å²) in [5, 5.41) is 10.7. The van der Waals surface area contributed by atoms with Crippen molar-refractivity contribution in [3.63, 3.8) is 0 Å². The first-order valence-corrected chi connectivity index (χ1v) is 5.21. The summed E-state index contributed by atoms with van der Waals surface area (Å²) in [6, 6.07) is 3.40. The maximum Gasteiger partial charge on any atom is 0.296 e. The van der Waals surface area contributed by atoms with Gasteiger partial charge in [0.15, 0.2) is 5.82 Å². The molecule has 0 saturated carbocycles.